The predicted octanol–water partition coefficient (Wildman–Crippen LogP) is 3.51. The van der Waals surface area contributed by atoms with Crippen LogP contribution in [0, 0.1) is 5.92 Å². The van der Waals surface area contributed by atoms with Gasteiger partial charge in [-0.15, -0.1) is 0 Å². The average molecular weight is 271 g/mol. The fourth-order valence-electron chi connectivity index (χ4n) is 3.49. The van der Waals surface area contributed by atoms with Crippen LogP contribution < -0.4 is 5.73 Å². The molecule has 1 unspecified atom stereocenters. The standard InChI is InChI=1S/C17H25N3/c1-2-7-17-19-15-10-5-6-11-16(15)20(17)12-14(18)13-8-3-4-9-13/h5-6,10-11,13-14H,2-4,7-9,12,18H2,1H3. The van der Waals surface area contributed by atoms with E-state index in [2.05, 4.69) is 35.8 Å². The van der Waals surface area contributed by atoms with Gasteiger partial charge in [-0.2, -0.15) is 0 Å². The first-order chi connectivity index (χ1) is 9.79. The molecule has 0 amide bonds. The largest absolute Gasteiger partial charge is 0.326 e. The molecule has 20 heavy (non-hydrogen) atoms. The zero-order valence-corrected chi connectivity index (χ0v) is 12.4. The second-order valence-electron chi connectivity index (χ2n) is 6.09. The summed E-state index contributed by atoms with van der Waals surface area (Å²) in [6.45, 7) is 3.13. The second kappa shape index (κ2) is 5.96. The lowest BCUT2D eigenvalue weighted by Crippen LogP contribution is -2.33. The minimum Gasteiger partial charge on any atom is -0.326 e. The molecule has 2 N–H and O–H groups in total. The van der Waals surface area contributed by atoms with Gasteiger partial charge in [0, 0.05) is 19.0 Å². The quantitative estimate of drug-likeness (QED) is 0.904. The van der Waals surface area contributed by atoms with Crippen molar-refractivity contribution in [2.75, 3.05) is 0 Å². The van der Waals surface area contributed by atoms with Crippen molar-refractivity contribution in [2.45, 2.75) is 58.0 Å². The Balaban J connectivity index is 1.89. The van der Waals surface area contributed by atoms with Gasteiger partial charge in [-0.3, -0.25) is 0 Å². The van der Waals surface area contributed by atoms with Crippen molar-refractivity contribution >= 4 is 11.0 Å². The summed E-state index contributed by atoms with van der Waals surface area (Å²) in [7, 11) is 0. The number of imidazole rings is 1. The fourth-order valence-corrected chi connectivity index (χ4v) is 3.49. The zero-order valence-electron chi connectivity index (χ0n) is 12.4. The van der Waals surface area contributed by atoms with Crippen LogP contribution in [0.15, 0.2) is 24.3 Å². The molecule has 108 valence electrons. The second-order valence-corrected chi connectivity index (χ2v) is 6.09. The third-order valence-electron chi connectivity index (χ3n) is 4.61. The maximum atomic E-state index is 6.48. The third kappa shape index (κ3) is 2.59. The fraction of sp³-hybridized carbons (Fsp3) is 0.588. The number of hydrogen-bond acceptors (Lipinski definition) is 2. The Morgan fingerprint density at radius 2 is 2.05 bits per heavy atom. The smallest absolute Gasteiger partial charge is 0.109 e. The summed E-state index contributed by atoms with van der Waals surface area (Å²) in [5.74, 6) is 1.90. The number of aryl methyl sites for hydroxylation is 1. The van der Waals surface area contributed by atoms with Gasteiger partial charge in [0.1, 0.15) is 5.82 Å². The molecule has 1 saturated carbocycles. The van der Waals surface area contributed by atoms with Crippen molar-refractivity contribution in [3.05, 3.63) is 30.1 Å². The van der Waals surface area contributed by atoms with Crippen molar-refractivity contribution in [1.29, 1.82) is 0 Å². The Bertz CT molecular complexity index is 567. The van der Waals surface area contributed by atoms with E-state index in [4.69, 9.17) is 10.7 Å². The highest BCUT2D eigenvalue weighted by Crippen LogP contribution is 2.28. The van der Waals surface area contributed by atoms with E-state index in [1.807, 2.05) is 0 Å². The first kappa shape index (κ1) is 13.6. The molecular weight excluding hydrogens is 246 g/mol. The number of nitrogens with two attached hydrogens (primary N) is 1. The molecule has 3 nitrogen and oxygen atoms in total. The average Bonchev–Trinajstić information content (AvgIpc) is 3.08. The Labute approximate surface area is 121 Å². The van der Waals surface area contributed by atoms with Gasteiger partial charge in [0.05, 0.1) is 11.0 Å². The summed E-state index contributed by atoms with van der Waals surface area (Å²) in [5, 5.41) is 0. The van der Waals surface area contributed by atoms with Gasteiger partial charge in [-0.05, 0) is 37.3 Å². The number of aromatic nitrogens is 2. The van der Waals surface area contributed by atoms with Gasteiger partial charge >= 0.3 is 0 Å². The van der Waals surface area contributed by atoms with E-state index >= 15 is 0 Å². The molecule has 1 aromatic carbocycles. The molecule has 1 heterocycles. The molecule has 0 aliphatic heterocycles. The normalized spacial score (nSPS) is 17.9. The molecule has 1 atom stereocenters. The first-order valence-corrected chi connectivity index (χ1v) is 7.99. The Morgan fingerprint density at radius 1 is 1.30 bits per heavy atom. The predicted molar refractivity (Wildman–Crippen MR) is 83.7 cm³/mol. The lowest BCUT2D eigenvalue weighted by molar-refractivity contribution is 0.386. The van der Waals surface area contributed by atoms with Gasteiger partial charge in [0.25, 0.3) is 0 Å². The van der Waals surface area contributed by atoms with Crippen molar-refractivity contribution in [1.82, 2.24) is 9.55 Å². The SMILES string of the molecule is CCCc1nc2ccccc2n1CC(N)C1CCCC1. The van der Waals surface area contributed by atoms with E-state index in [-0.39, 0.29) is 6.04 Å². The van der Waals surface area contributed by atoms with E-state index in [0.717, 1.165) is 24.9 Å². The number of nitrogens with zero attached hydrogens (tertiary/aromatic N) is 2. The van der Waals surface area contributed by atoms with Crippen molar-refractivity contribution in [3.8, 4) is 0 Å². The molecule has 0 bridgehead atoms. The van der Waals surface area contributed by atoms with Crippen LogP contribution in [0.1, 0.15) is 44.9 Å². The Kier molecular flexibility index (Phi) is 4.06. The molecule has 0 spiro atoms. The molecule has 0 saturated heterocycles. The molecular formula is C17H25N3. The highest BCUT2D eigenvalue weighted by atomic mass is 15.1. The number of fused-ring (bicyclic) bond motifs is 1. The molecule has 3 heteroatoms. The van der Waals surface area contributed by atoms with E-state index in [1.54, 1.807) is 0 Å². The van der Waals surface area contributed by atoms with Crippen LogP contribution in [-0.2, 0) is 13.0 Å². The van der Waals surface area contributed by atoms with Gasteiger partial charge in [-0.25, -0.2) is 4.98 Å². The first-order valence-electron chi connectivity index (χ1n) is 7.99. The number of benzene rings is 1. The Morgan fingerprint density at radius 3 is 2.80 bits per heavy atom. The van der Waals surface area contributed by atoms with Gasteiger partial charge < -0.3 is 10.3 Å². The molecule has 1 aromatic heterocycles. The van der Waals surface area contributed by atoms with Crippen molar-refractivity contribution < 1.29 is 0 Å². The van der Waals surface area contributed by atoms with Crippen LogP contribution in [0.5, 0.6) is 0 Å². The van der Waals surface area contributed by atoms with Crippen LogP contribution in [0.3, 0.4) is 0 Å². The highest BCUT2D eigenvalue weighted by molar-refractivity contribution is 5.75. The number of para-hydroxylation sites is 2. The van der Waals surface area contributed by atoms with E-state index in [0.29, 0.717) is 5.92 Å². The summed E-state index contributed by atoms with van der Waals surface area (Å²) in [6, 6.07) is 8.70. The monoisotopic (exact) mass is 271 g/mol. The van der Waals surface area contributed by atoms with Crippen LogP contribution >= 0.6 is 0 Å². The lowest BCUT2D eigenvalue weighted by atomic mass is 9.99. The summed E-state index contributed by atoms with van der Waals surface area (Å²) >= 11 is 0. The van der Waals surface area contributed by atoms with Gasteiger partial charge in [0.2, 0.25) is 0 Å². The molecule has 1 aliphatic carbocycles. The highest BCUT2D eigenvalue weighted by Gasteiger charge is 2.23. The maximum absolute atomic E-state index is 6.48. The molecule has 3 rings (SSSR count). The van der Waals surface area contributed by atoms with Crippen LogP contribution in [-0.4, -0.2) is 15.6 Å². The van der Waals surface area contributed by atoms with E-state index in [1.165, 1.54) is 37.0 Å². The topological polar surface area (TPSA) is 43.8 Å². The summed E-state index contributed by atoms with van der Waals surface area (Å²) in [4.78, 5) is 4.79. The lowest BCUT2D eigenvalue weighted by Gasteiger charge is -2.21. The van der Waals surface area contributed by atoms with Gasteiger partial charge in [0.15, 0.2) is 0 Å². The molecule has 1 fully saturated rings. The third-order valence-corrected chi connectivity index (χ3v) is 4.61. The number of rotatable bonds is 5. The Hall–Kier alpha value is -1.35. The van der Waals surface area contributed by atoms with Gasteiger partial charge in [-0.1, -0.05) is 31.9 Å². The zero-order chi connectivity index (χ0) is 13.9. The summed E-state index contributed by atoms with van der Waals surface area (Å²) < 4.78 is 2.36. The maximum Gasteiger partial charge on any atom is 0.109 e. The summed E-state index contributed by atoms with van der Waals surface area (Å²) in [5.41, 5.74) is 8.82. The van der Waals surface area contributed by atoms with Crippen molar-refractivity contribution in [3.63, 3.8) is 0 Å². The minimum atomic E-state index is 0.269. The summed E-state index contributed by atoms with van der Waals surface area (Å²) in [6.07, 6.45) is 7.47. The minimum absolute atomic E-state index is 0.269. The number of hydrogen-bond donors (Lipinski definition) is 1. The van der Waals surface area contributed by atoms with E-state index < -0.39 is 0 Å². The van der Waals surface area contributed by atoms with Crippen molar-refractivity contribution in [2.24, 2.45) is 11.7 Å². The van der Waals surface area contributed by atoms with Crippen LogP contribution in [0.4, 0.5) is 0 Å². The van der Waals surface area contributed by atoms with Crippen LogP contribution in [0.25, 0.3) is 11.0 Å². The molecule has 1 aliphatic rings. The van der Waals surface area contributed by atoms with Crippen LogP contribution in [0.2, 0.25) is 0 Å². The molecule has 2 aromatic rings. The van der Waals surface area contributed by atoms with E-state index in [9.17, 15) is 0 Å². The molecule has 0 radical (unpaired) electrons.